The molecule has 8 heteroatoms. The number of hydrogen-bond donors (Lipinski definition) is 2. The Balaban J connectivity index is 1.57. The number of benzene rings is 3. The number of carbonyl (C=O) groups excluding carboxylic acids is 2. The molecule has 0 bridgehead atoms. The van der Waals surface area contributed by atoms with Gasteiger partial charge in [0.15, 0.2) is 0 Å². The number of aromatic amines is 1. The highest BCUT2D eigenvalue weighted by Crippen LogP contribution is 2.28. The van der Waals surface area contributed by atoms with Gasteiger partial charge in [-0.05, 0) is 18.2 Å². The summed E-state index contributed by atoms with van der Waals surface area (Å²) in [4.78, 5) is 41.1. The second-order valence-electron chi connectivity index (χ2n) is 7.93. The Bertz CT molecular complexity index is 1410. The summed E-state index contributed by atoms with van der Waals surface area (Å²) in [5, 5.41) is 7.51. The predicted octanol–water partition coefficient (Wildman–Crippen LogP) is 3.74. The first kappa shape index (κ1) is 22.1. The monoisotopic (exact) mass is 465 g/mol. The van der Waals surface area contributed by atoms with Gasteiger partial charge < -0.3 is 20.0 Å². The van der Waals surface area contributed by atoms with Gasteiger partial charge in [0.1, 0.15) is 12.8 Å². The summed E-state index contributed by atoms with van der Waals surface area (Å²) >= 11 is 0. The Hall–Kier alpha value is -4.72. The second kappa shape index (κ2) is 9.64. The van der Waals surface area contributed by atoms with Crippen molar-refractivity contribution in [2.75, 3.05) is 18.6 Å². The molecule has 0 fully saturated rings. The van der Waals surface area contributed by atoms with Crippen LogP contribution >= 0.6 is 0 Å². The van der Waals surface area contributed by atoms with Crippen molar-refractivity contribution in [1.82, 2.24) is 10.3 Å². The van der Waals surface area contributed by atoms with Gasteiger partial charge in [-0.25, -0.2) is 4.99 Å². The normalized spacial score (nSPS) is 15.6. The molecule has 4 aromatic rings. The van der Waals surface area contributed by atoms with Gasteiger partial charge >= 0.3 is 0 Å². The third kappa shape index (κ3) is 4.41. The van der Waals surface area contributed by atoms with Crippen molar-refractivity contribution >= 4 is 40.3 Å². The number of nitrogens with zero attached hydrogens (tertiary/aromatic N) is 3. The van der Waals surface area contributed by atoms with E-state index in [9.17, 15) is 9.59 Å². The first-order chi connectivity index (χ1) is 17.2. The van der Waals surface area contributed by atoms with E-state index < -0.39 is 12.1 Å². The predicted molar refractivity (Wildman–Crippen MR) is 136 cm³/mol. The third-order valence-electron chi connectivity index (χ3n) is 5.74. The summed E-state index contributed by atoms with van der Waals surface area (Å²) in [5.41, 5.74) is 4.09. The van der Waals surface area contributed by atoms with Gasteiger partial charge in [0.05, 0.1) is 24.2 Å². The molecule has 35 heavy (non-hydrogen) atoms. The van der Waals surface area contributed by atoms with Crippen molar-refractivity contribution < 1.29 is 14.4 Å². The molecule has 0 saturated heterocycles. The molecule has 1 aliphatic rings. The lowest BCUT2D eigenvalue weighted by Gasteiger charge is -2.23. The number of rotatable bonds is 6. The van der Waals surface area contributed by atoms with Crippen LogP contribution in [0.25, 0.3) is 10.9 Å². The number of para-hydroxylation sites is 2. The van der Waals surface area contributed by atoms with Gasteiger partial charge in [0.2, 0.25) is 6.17 Å². The third-order valence-corrected chi connectivity index (χ3v) is 5.74. The van der Waals surface area contributed by atoms with Gasteiger partial charge in [-0.15, -0.1) is 0 Å². The van der Waals surface area contributed by atoms with E-state index in [-0.39, 0.29) is 12.5 Å². The van der Waals surface area contributed by atoms with Crippen LogP contribution < -0.4 is 10.2 Å². The van der Waals surface area contributed by atoms with Crippen molar-refractivity contribution in [2.24, 2.45) is 10.1 Å². The fourth-order valence-electron chi connectivity index (χ4n) is 4.12. The number of H-pyrrole nitrogens is 1. The van der Waals surface area contributed by atoms with E-state index in [2.05, 4.69) is 15.5 Å². The standard InChI is InChI=1S/C27H23N5O3/c1-35-28-15-16-32-23-14-8-6-12-20(23)24(18-9-3-2-4-10-18)30-25(27(32)34)31-26(33)22-17-19-11-5-7-13-21(19)29-22/h2-15,17,25,29H,16H2,1H3,(H,31,33). The van der Waals surface area contributed by atoms with E-state index >= 15 is 0 Å². The van der Waals surface area contributed by atoms with Crippen LogP contribution in [-0.2, 0) is 9.63 Å². The molecular weight excluding hydrogens is 442 g/mol. The van der Waals surface area contributed by atoms with E-state index in [1.807, 2.05) is 78.9 Å². The van der Waals surface area contributed by atoms with Crippen molar-refractivity contribution in [3.8, 4) is 0 Å². The Morgan fingerprint density at radius 3 is 2.63 bits per heavy atom. The zero-order chi connectivity index (χ0) is 24.2. The summed E-state index contributed by atoms with van der Waals surface area (Å²) in [6.45, 7) is 0.153. The van der Waals surface area contributed by atoms with Crippen molar-refractivity contribution in [3.05, 3.63) is 102 Å². The number of benzodiazepines with no additional fused rings is 1. The molecule has 0 spiro atoms. The Labute approximate surface area is 201 Å². The minimum atomic E-state index is -1.15. The van der Waals surface area contributed by atoms with E-state index in [1.165, 1.54) is 13.3 Å². The van der Waals surface area contributed by atoms with Crippen molar-refractivity contribution in [1.29, 1.82) is 0 Å². The van der Waals surface area contributed by atoms with Crippen LogP contribution in [0.5, 0.6) is 0 Å². The number of nitrogens with one attached hydrogen (secondary N) is 2. The van der Waals surface area contributed by atoms with Crippen molar-refractivity contribution in [3.63, 3.8) is 0 Å². The highest BCUT2D eigenvalue weighted by molar-refractivity contribution is 6.20. The summed E-state index contributed by atoms with van der Waals surface area (Å²) < 4.78 is 0. The summed E-state index contributed by atoms with van der Waals surface area (Å²) in [6.07, 6.45) is 0.353. The quantitative estimate of drug-likeness (QED) is 0.335. The fraction of sp³-hybridized carbons (Fsp3) is 0.111. The number of aromatic nitrogens is 1. The van der Waals surface area contributed by atoms with Gasteiger partial charge in [-0.3, -0.25) is 9.59 Å². The lowest BCUT2D eigenvalue weighted by Crippen LogP contribution is -2.48. The van der Waals surface area contributed by atoms with Crippen LogP contribution in [0, 0.1) is 0 Å². The number of fused-ring (bicyclic) bond motifs is 2. The highest BCUT2D eigenvalue weighted by Gasteiger charge is 2.33. The molecule has 0 aliphatic carbocycles. The summed E-state index contributed by atoms with van der Waals surface area (Å²) in [6, 6.07) is 26.5. The van der Waals surface area contributed by atoms with Gasteiger partial charge in [0, 0.05) is 22.0 Å². The van der Waals surface area contributed by atoms with Crippen LogP contribution in [0.3, 0.4) is 0 Å². The molecule has 1 unspecified atom stereocenters. The van der Waals surface area contributed by atoms with Crippen molar-refractivity contribution in [2.45, 2.75) is 6.17 Å². The molecule has 8 nitrogen and oxygen atoms in total. The molecule has 174 valence electrons. The van der Waals surface area contributed by atoms with E-state index in [1.54, 1.807) is 11.0 Å². The Kier molecular flexibility index (Phi) is 6.09. The maximum Gasteiger partial charge on any atom is 0.272 e. The van der Waals surface area contributed by atoms with E-state index in [0.29, 0.717) is 17.1 Å². The molecule has 2 heterocycles. The smallest absolute Gasteiger partial charge is 0.272 e. The topological polar surface area (TPSA) is 99.1 Å². The fourth-order valence-corrected chi connectivity index (χ4v) is 4.12. The lowest BCUT2D eigenvalue weighted by molar-refractivity contribution is -0.120. The van der Waals surface area contributed by atoms with Gasteiger partial charge in [-0.2, -0.15) is 0 Å². The molecule has 1 atom stereocenters. The molecule has 0 saturated carbocycles. The van der Waals surface area contributed by atoms with Crippen LogP contribution in [0.2, 0.25) is 0 Å². The van der Waals surface area contributed by atoms with Crippen LogP contribution in [0.1, 0.15) is 21.6 Å². The summed E-state index contributed by atoms with van der Waals surface area (Å²) in [7, 11) is 1.44. The molecule has 3 aromatic carbocycles. The average Bonchev–Trinajstić information content (AvgIpc) is 3.30. The number of hydrogen-bond acceptors (Lipinski definition) is 5. The highest BCUT2D eigenvalue weighted by atomic mass is 16.6. The Morgan fingerprint density at radius 1 is 1.09 bits per heavy atom. The SMILES string of the molecule is CON=CCN1C(=O)C(NC(=O)c2cc3ccccc3[nH]2)N=C(c2ccccc2)c2ccccc21. The molecule has 1 aromatic heterocycles. The Morgan fingerprint density at radius 2 is 1.83 bits per heavy atom. The van der Waals surface area contributed by atoms with E-state index in [0.717, 1.165) is 22.0 Å². The van der Waals surface area contributed by atoms with Crippen LogP contribution in [-0.4, -0.2) is 48.5 Å². The molecule has 2 amide bonds. The molecule has 5 rings (SSSR count). The first-order valence-electron chi connectivity index (χ1n) is 11.1. The molecule has 1 aliphatic heterocycles. The minimum Gasteiger partial charge on any atom is -0.399 e. The number of oxime groups is 1. The number of anilines is 1. The molecule has 2 N–H and O–H groups in total. The maximum atomic E-state index is 13.7. The van der Waals surface area contributed by atoms with E-state index in [4.69, 9.17) is 9.83 Å². The number of amides is 2. The zero-order valence-corrected chi connectivity index (χ0v) is 19.0. The second-order valence-corrected chi connectivity index (χ2v) is 7.93. The van der Waals surface area contributed by atoms with Crippen LogP contribution in [0.15, 0.2) is 95.1 Å². The van der Waals surface area contributed by atoms with Crippen LogP contribution in [0.4, 0.5) is 5.69 Å². The largest absolute Gasteiger partial charge is 0.399 e. The first-order valence-corrected chi connectivity index (χ1v) is 11.1. The van der Waals surface area contributed by atoms with Gasteiger partial charge in [0.25, 0.3) is 11.8 Å². The minimum absolute atomic E-state index is 0.153. The van der Waals surface area contributed by atoms with Gasteiger partial charge in [-0.1, -0.05) is 71.9 Å². The number of aliphatic imine (C=N–C) groups is 1. The zero-order valence-electron chi connectivity index (χ0n) is 19.0. The molecular formula is C27H23N5O3. The molecule has 0 radical (unpaired) electrons. The average molecular weight is 466 g/mol. The number of carbonyl (C=O) groups is 2. The lowest BCUT2D eigenvalue weighted by atomic mass is 10.0. The summed E-state index contributed by atoms with van der Waals surface area (Å²) in [5.74, 6) is -0.803. The maximum absolute atomic E-state index is 13.7.